The second-order valence-electron chi connectivity index (χ2n) is 7.52. The molecule has 8 nitrogen and oxygen atoms in total. The summed E-state index contributed by atoms with van der Waals surface area (Å²) in [5.74, 6) is 0.975. The molecule has 3 heterocycles. The molecule has 4 rings (SSSR count). The third-order valence-electron chi connectivity index (χ3n) is 5.26. The van der Waals surface area contributed by atoms with Crippen LogP contribution in [0.5, 0.6) is 17.2 Å². The highest BCUT2D eigenvalue weighted by Gasteiger charge is 2.35. The first-order valence-electron chi connectivity index (χ1n) is 9.41. The number of pyridine rings is 1. The molecule has 0 saturated heterocycles. The molecule has 0 fully saturated rings. The van der Waals surface area contributed by atoms with Gasteiger partial charge in [-0.05, 0) is 24.6 Å². The smallest absolute Gasteiger partial charge is 0.258 e. The lowest BCUT2D eigenvalue weighted by atomic mass is 9.84. The van der Waals surface area contributed by atoms with Crippen LogP contribution < -0.4 is 30.4 Å². The van der Waals surface area contributed by atoms with E-state index in [0.29, 0.717) is 29.4 Å². The Bertz CT molecular complexity index is 1110. The molecule has 2 aromatic rings. The number of nitrogens with two attached hydrogens (primary N) is 1. The van der Waals surface area contributed by atoms with Gasteiger partial charge in [0.25, 0.3) is 5.56 Å². The maximum absolute atomic E-state index is 13.5. The Labute approximate surface area is 168 Å². The summed E-state index contributed by atoms with van der Waals surface area (Å²) in [5.41, 5.74) is 8.00. The van der Waals surface area contributed by atoms with Crippen LogP contribution in [-0.2, 0) is 6.54 Å². The summed E-state index contributed by atoms with van der Waals surface area (Å²) in [4.78, 5) is 14.7. The monoisotopic (exact) mass is 395 g/mol. The van der Waals surface area contributed by atoms with E-state index in [1.807, 2.05) is 33.2 Å². The van der Waals surface area contributed by atoms with E-state index in [9.17, 15) is 10.1 Å². The Morgan fingerprint density at radius 2 is 2.00 bits per heavy atom. The number of likely N-dealkylation sites (N-methyl/N-ethyl adjacent to an activating group) is 1. The highest BCUT2D eigenvalue weighted by molar-refractivity contribution is 5.57. The highest BCUT2D eigenvalue weighted by atomic mass is 16.7. The first kappa shape index (κ1) is 18.9. The molecule has 3 N–H and O–H groups in total. The normalized spacial score (nSPS) is 17.1. The van der Waals surface area contributed by atoms with Gasteiger partial charge < -0.3 is 29.4 Å². The molecule has 1 atom stereocenters. The van der Waals surface area contributed by atoms with E-state index in [2.05, 4.69) is 6.07 Å². The molecule has 1 aromatic heterocycles. The van der Waals surface area contributed by atoms with Gasteiger partial charge in [0.2, 0.25) is 12.7 Å². The third-order valence-corrected chi connectivity index (χ3v) is 5.26. The predicted molar refractivity (Wildman–Crippen MR) is 105 cm³/mol. The number of quaternary nitrogens is 1. The lowest BCUT2D eigenvalue weighted by molar-refractivity contribution is -0.858. The van der Waals surface area contributed by atoms with Crippen molar-refractivity contribution in [2.75, 3.05) is 27.4 Å². The van der Waals surface area contributed by atoms with Crippen LogP contribution in [0.2, 0.25) is 0 Å². The summed E-state index contributed by atoms with van der Waals surface area (Å²) in [6.45, 7) is 3.36. The average molecular weight is 395 g/mol. The van der Waals surface area contributed by atoms with Crippen molar-refractivity contribution in [1.29, 1.82) is 5.26 Å². The summed E-state index contributed by atoms with van der Waals surface area (Å²) in [5, 5.41) is 9.77. The average Bonchev–Trinajstić information content (AvgIpc) is 3.14. The standard InChI is InChI=1S/C21H22N4O4/c1-12-8-17-19(21(26)25(12)7-6-24(2)3)18(14(10-22)20(23)29-17)13-4-5-15-16(9-13)28-11-27-15/h4-5,8-9,18H,6-7,11,23H2,1-3H3/p+1/t18-/m0/s1. The molecule has 8 heteroatoms. The van der Waals surface area contributed by atoms with E-state index < -0.39 is 5.92 Å². The lowest BCUT2D eigenvalue weighted by Gasteiger charge is -2.27. The summed E-state index contributed by atoms with van der Waals surface area (Å²) in [6.07, 6.45) is 0. The summed E-state index contributed by atoms with van der Waals surface area (Å²) < 4.78 is 18.3. The van der Waals surface area contributed by atoms with Crippen LogP contribution in [0, 0.1) is 18.3 Å². The molecular weight excluding hydrogens is 372 g/mol. The largest absolute Gasteiger partial charge is 0.454 e. The van der Waals surface area contributed by atoms with E-state index in [1.54, 1.807) is 16.7 Å². The summed E-state index contributed by atoms with van der Waals surface area (Å²) in [6, 6.07) is 9.33. The van der Waals surface area contributed by atoms with Crippen LogP contribution >= 0.6 is 0 Å². The second kappa shape index (κ2) is 7.18. The van der Waals surface area contributed by atoms with Gasteiger partial charge in [0.05, 0.1) is 38.7 Å². The highest BCUT2D eigenvalue weighted by Crippen LogP contribution is 2.43. The van der Waals surface area contributed by atoms with Crippen LogP contribution in [0.15, 0.2) is 40.5 Å². The number of allylic oxidation sites excluding steroid dienone is 1. The number of aryl methyl sites for hydroxylation is 1. The van der Waals surface area contributed by atoms with Gasteiger partial charge in [0.1, 0.15) is 17.4 Å². The van der Waals surface area contributed by atoms with Crippen molar-refractivity contribution in [3.05, 3.63) is 62.9 Å². The van der Waals surface area contributed by atoms with Gasteiger partial charge in [-0.2, -0.15) is 5.26 Å². The first-order chi connectivity index (χ1) is 13.9. The van der Waals surface area contributed by atoms with Gasteiger partial charge >= 0.3 is 0 Å². The topological polar surface area (TPSA) is 104 Å². The quantitative estimate of drug-likeness (QED) is 0.769. The lowest BCUT2D eigenvalue weighted by Crippen LogP contribution is -3.06. The zero-order valence-corrected chi connectivity index (χ0v) is 16.6. The van der Waals surface area contributed by atoms with Gasteiger partial charge in [-0.3, -0.25) is 4.79 Å². The fraction of sp³-hybridized carbons (Fsp3) is 0.333. The SMILES string of the molecule is Cc1cc2c(c(=O)n1CC[NH+](C)C)[C@@H](c1ccc3c(c1)OCO3)C(C#N)=C(N)O2. The van der Waals surface area contributed by atoms with Crippen molar-refractivity contribution in [2.24, 2.45) is 5.73 Å². The van der Waals surface area contributed by atoms with Gasteiger partial charge in [-0.15, -0.1) is 0 Å². The number of nitrogens with zero attached hydrogens (tertiary/aromatic N) is 2. The number of fused-ring (bicyclic) bond motifs is 2. The van der Waals surface area contributed by atoms with Crippen LogP contribution in [0.25, 0.3) is 0 Å². The van der Waals surface area contributed by atoms with Gasteiger partial charge in [-0.1, -0.05) is 6.07 Å². The molecular formula is C21H23N4O4+. The Balaban J connectivity index is 1.90. The molecule has 0 bridgehead atoms. The fourth-order valence-corrected chi connectivity index (χ4v) is 3.73. The van der Waals surface area contributed by atoms with Crippen LogP contribution in [-0.4, -0.2) is 32.0 Å². The molecule has 29 heavy (non-hydrogen) atoms. The Hall–Kier alpha value is -3.44. The predicted octanol–water partition coefficient (Wildman–Crippen LogP) is 0.248. The fourth-order valence-electron chi connectivity index (χ4n) is 3.73. The summed E-state index contributed by atoms with van der Waals surface area (Å²) in [7, 11) is 4.07. The maximum Gasteiger partial charge on any atom is 0.258 e. The van der Waals surface area contributed by atoms with E-state index in [1.165, 1.54) is 4.90 Å². The van der Waals surface area contributed by atoms with Crippen LogP contribution in [0.3, 0.4) is 0 Å². The van der Waals surface area contributed by atoms with E-state index in [0.717, 1.165) is 17.8 Å². The molecule has 0 spiro atoms. The van der Waals surface area contributed by atoms with E-state index in [-0.39, 0.29) is 23.8 Å². The minimum Gasteiger partial charge on any atom is -0.454 e. The molecule has 150 valence electrons. The van der Waals surface area contributed by atoms with Gasteiger partial charge in [0, 0.05) is 11.8 Å². The minimum absolute atomic E-state index is 0.0111. The van der Waals surface area contributed by atoms with Gasteiger partial charge in [-0.25, -0.2) is 0 Å². The zero-order chi connectivity index (χ0) is 20.7. The maximum atomic E-state index is 13.5. The zero-order valence-electron chi connectivity index (χ0n) is 16.6. The Morgan fingerprint density at radius 1 is 1.24 bits per heavy atom. The number of nitrogens with one attached hydrogen (secondary N) is 1. The molecule has 0 unspecified atom stereocenters. The number of benzene rings is 1. The minimum atomic E-state index is -0.635. The number of hydrogen-bond donors (Lipinski definition) is 2. The molecule has 0 saturated carbocycles. The van der Waals surface area contributed by atoms with Crippen LogP contribution in [0.4, 0.5) is 0 Å². The Kier molecular flexibility index (Phi) is 4.68. The van der Waals surface area contributed by atoms with E-state index >= 15 is 0 Å². The molecule has 2 aliphatic heterocycles. The number of aromatic nitrogens is 1. The number of hydrogen-bond acceptors (Lipinski definition) is 6. The first-order valence-corrected chi connectivity index (χ1v) is 9.41. The molecule has 0 aliphatic carbocycles. The molecule has 0 radical (unpaired) electrons. The third kappa shape index (κ3) is 3.19. The second-order valence-corrected chi connectivity index (χ2v) is 7.52. The van der Waals surface area contributed by atoms with Crippen molar-refractivity contribution in [1.82, 2.24) is 4.57 Å². The Morgan fingerprint density at radius 3 is 2.72 bits per heavy atom. The van der Waals surface area contributed by atoms with Crippen molar-refractivity contribution in [3.63, 3.8) is 0 Å². The summed E-state index contributed by atoms with van der Waals surface area (Å²) >= 11 is 0. The van der Waals surface area contributed by atoms with E-state index in [4.69, 9.17) is 19.9 Å². The van der Waals surface area contributed by atoms with Gasteiger partial charge in [0.15, 0.2) is 11.5 Å². The van der Waals surface area contributed by atoms with Crippen LogP contribution in [0.1, 0.15) is 22.7 Å². The number of nitriles is 1. The van der Waals surface area contributed by atoms with Crippen molar-refractivity contribution >= 4 is 0 Å². The van der Waals surface area contributed by atoms with Crippen molar-refractivity contribution in [2.45, 2.75) is 19.4 Å². The number of ether oxygens (including phenoxy) is 3. The number of rotatable bonds is 4. The van der Waals surface area contributed by atoms with Crippen molar-refractivity contribution in [3.8, 4) is 23.3 Å². The molecule has 2 aliphatic rings. The molecule has 0 amide bonds. The van der Waals surface area contributed by atoms with Crippen molar-refractivity contribution < 1.29 is 19.1 Å². The molecule has 1 aromatic carbocycles.